The molecule has 1 unspecified atom stereocenters. The van der Waals surface area contributed by atoms with Gasteiger partial charge in [-0.3, -0.25) is 25.2 Å². The summed E-state index contributed by atoms with van der Waals surface area (Å²) in [6, 6.07) is 8.70. The van der Waals surface area contributed by atoms with Gasteiger partial charge in [0.05, 0.1) is 4.88 Å². The van der Waals surface area contributed by atoms with Crippen molar-refractivity contribution in [3.63, 3.8) is 0 Å². The van der Waals surface area contributed by atoms with Crippen molar-refractivity contribution < 1.29 is 19.1 Å². The van der Waals surface area contributed by atoms with Gasteiger partial charge in [-0.05, 0) is 55.3 Å². The molecule has 1 aliphatic rings. The number of benzene rings is 1. The van der Waals surface area contributed by atoms with Crippen LogP contribution in [0, 0.1) is 13.8 Å². The van der Waals surface area contributed by atoms with Crippen molar-refractivity contribution in [3.8, 4) is 5.75 Å². The van der Waals surface area contributed by atoms with E-state index in [0.717, 1.165) is 17.5 Å². The number of aryl methyl sites for hydroxylation is 2. The van der Waals surface area contributed by atoms with Crippen LogP contribution in [0.3, 0.4) is 0 Å². The minimum absolute atomic E-state index is 0.155. The molecule has 1 saturated heterocycles. The molecule has 3 rings (SSSR count). The maximum Gasteiger partial charge on any atom is 0.276 e. The summed E-state index contributed by atoms with van der Waals surface area (Å²) >= 11 is 1.35. The van der Waals surface area contributed by atoms with Gasteiger partial charge in [0, 0.05) is 6.54 Å². The number of hydrogen-bond donors (Lipinski definition) is 2. The maximum absolute atomic E-state index is 12.5. The highest BCUT2D eigenvalue weighted by molar-refractivity contribution is 7.12. The van der Waals surface area contributed by atoms with E-state index >= 15 is 0 Å². The third-order valence-electron chi connectivity index (χ3n) is 4.58. The number of carbonyl (C=O) groups excluding carboxylic acids is 3. The predicted molar refractivity (Wildman–Crippen MR) is 106 cm³/mol. The fourth-order valence-corrected chi connectivity index (χ4v) is 3.76. The van der Waals surface area contributed by atoms with E-state index in [1.165, 1.54) is 11.3 Å². The zero-order valence-corrected chi connectivity index (χ0v) is 16.7. The first-order valence-corrected chi connectivity index (χ1v) is 9.97. The molecule has 148 valence electrons. The summed E-state index contributed by atoms with van der Waals surface area (Å²) in [7, 11) is 0. The Morgan fingerprint density at radius 2 is 2.04 bits per heavy atom. The van der Waals surface area contributed by atoms with Gasteiger partial charge in [0.15, 0.2) is 6.61 Å². The molecule has 8 heteroatoms. The number of rotatable bonds is 5. The summed E-state index contributed by atoms with van der Waals surface area (Å²) in [6.07, 6.45) is 1.32. The van der Waals surface area contributed by atoms with Crippen LogP contribution in [0.25, 0.3) is 0 Å². The van der Waals surface area contributed by atoms with Crippen LogP contribution in [-0.2, 0) is 9.59 Å². The number of hydrogen-bond acceptors (Lipinski definition) is 5. The van der Waals surface area contributed by atoms with Crippen molar-refractivity contribution in [1.82, 2.24) is 15.8 Å². The number of thiophene rings is 1. The molecule has 2 N–H and O–H groups in total. The molecule has 0 radical (unpaired) electrons. The fourth-order valence-electron chi connectivity index (χ4n) is 3.08. The zero-order valence-electron chi connectivity index (χ0n) is 15.9. The molecule has 28 heavy (non-hydrogen) atoms. The molecule has 2 heterocycles. The lowest BCUT2D eigenvalue weighted by molar-refractivity contribution is -0.131. The van der Waals surface area contributed by atoms with Gasteiger partial charge >= 0.3 is 0 Å². The van der Waals surface area contributed by atoms with Crippen LogP contribution in [0.5, 0.6) is 5.75 Å². The number of carbonyl (C=O) groups is 3. The number of ether oxygens (including phenoxy) is 1. The second-order valence-corrected chi connectivity index (χ2v) is 7.68. The summed E-state index contributed by atoms with van der Waals surface area (Å²) in [5.41, 5.74) is 6.73. The molecule has 1 atom stereocenters. The van der Waals surface area contributed by atoms with Crippen molar-refractivity contribution in [2.24, 2.45) is 0 Å². The zero-order chi connectivity index (χ0) is 20.1. The summed E-state index contributed by atoms with van der Waals surface area (Å²) in [5.74, 6) is -0.395. The van der Waals surface area contributed by atoms with Gasteiger partial charge in [-0.15, -0.1) is 11.3 Å². The van der Waals surface area contributed by atoms with E-state index in [1.807, 2.05) is 37.4 Å². The summed E-state index contributed by atoms with van der Waals surface area (Å²) in [4.78, 5) is 39.1. The van der Waals surface area contributed by atoms with Crippen molar-refractivity contribution >= 4 is 29.1 Å². The lowest BCUT2D eigenvalue weighted by Gasteiger charge is -2.23. The summed E-state index contributed by atoms with van der Waals surface area (Å²) in [5, 5.41) is 1.83. The first-order chi connectivity index (χ1) is 13.5. The Morgan fingerprint density at radius 1 is 1.21 bits per heavy atom. The Balaban J connectivity index is 1.49. The third kappa shape index (κ3) is 4.69. The van der Waals surface area contributed by atoms with E-state index < -0.39 is 17.9 Å². The van der Waals surface area contributed by atoms with Crippen molar-refractivity contribution in [1.29, 1.82) is 0 Å². The van der Waals surface area contributed by atoms with Gasteiger partial charge in [0.25, 0.3) is 17.7 Å². The maximum atomic E-state index is 12.5. The van der Waals surface area contributed by atoms with Gasteiger partial charge in [0.1, 0.15) is 11.8 Å². The van der Waals surface area contributed by atoms with Crippen LogP contribution in [0.4, 0.5) is 0 Å². The average Bonchev–Trinajstić information content (AvgIpc) is 3.38. The molecule has 0 spiro atoms. The summed E-state index contributed by atoms with van der Waals surface area (Å²) in [6.45, 7) is 4.15. The number of likely N-dealkylation sites (tertiary alicyclic amines) is 1. The normalized spacial score (nSPS) is 15.9. The quantitative estimate of drug-likeness (QED) is 0.752. The van der Waals surface area contributed by atoms with E-state index in [-0.39, 0.29) is 12.5 Å². The molecule has 1 aromatic heterocycles. The highest BCUT2D eigenvalue weighted by atomic mass is 32.1. The standard InChI is InChI=1S/C20H23N3O4S/c1-13-7-8-14(2)16(11-13)27-12-18(24)21-22-19(25)15-5-3-9-23(15)20(26)17-6-4-10-28-17/h4,6-8,10-11,15H,3,5,9,12H2,1-2H3,(H,21,24)(H,22,25). The molecule has 0 aliphatic carbocycles. The van der Waals surface area contributed by atoms with Crippen molar-refractivity contribution in [3.05, 3.63) is 51.7 Å². The minimum Gasteiger partial charge on any atom is -0.483 e. The van der Waals surface area contributed by atoms with E-state index in [1.54, 1.807) is 17.0 Å². The van der Waals surface area contributed by atoms with Crippen LogP contribution in [0.1, 0.15) is 33.6 Å². The Kier molecular flexibility index (Phi) is 6.30. The predicted octanol–water partition coefficient (Wildman–Crippen LogP) is 2.20. The largest absolute Gasteiger partial charge is 0.483 e. The Hall–Kier alpha value is -2.87. The van der Waals surface area contributed by atoms with E-state index in [0.29, 0.717) is 23.6 Å². The molecule has 3 amide bonds. The molecule has 0 saturated carbocycles. The van der Waals surface area contributed by atoms with E-state index in [9.17, 15) is 14.4 Å². The second kappa shape index (κ2) is 8.88. The van der Waals surface area contributed by atoms with Gasteiger partial charge in [-0.25, -0.2) is 0 Å². The minimum atomic E-state index is -0.588. The Labute approximate surface area is 167 Å². The molecular weight excluding hydrogens is 378 g/mol. The molecule has 2 aromatic rings. The second-order valence-electron chi connectivity index (χ2n) is 6.73. The number of nitrogens with zero attached hydrogens (tertiary/aromatic N) is 1. The van der Waals surface area contributed by atoms with Gasteiger partial charge in [0.2, 0.25) is 0 Å². The number of nitrogens with one attached hydrogen (secondary N) is 2. The molecule has 7 nitrogen and oxygen atoms in total. The number of hydrazine groups is 1. The Bertz CT molecular complexity index is 866. The SMILES string of the molecule is Cc1ccc(C)c(OCC(=O)NNC(=O)C2CCCN2C(=O)c2cccs2)c1. The topological polar surface area (TPSA) is 87.7 Å². The van der Waals surface area contributed by atoms with Gasteiger partial charge in [-0.1, -0.05) is 18.2 Å². The fraction of sp³-hybridized carbons (Fsp3) is 0.350. The lowest BCUT2D eigenvalue weighted by Crippen LogP contribution is -2.52. The van der Waals surface area contributed by atoms with E-state index in [4.69, 9.17) is 4.74 Å². The van der Waals surface area contributed by atoms with E-state index in [2.05, 4.69) is 10.9 Å². The molecular formula is C20H23N3O4S. The monoisotopic (exact) mass is 401 g/mol. The number of amides is 3. The summed E-state index contributed by atoms with van der Waals surface area (Å²) < 4.78 is 5.52. The van der Waals surface area contributed by atoms with Crippen LogP contribution < -0.4 is 15.6 Å². The average molecular weight is 401 g/mol. The lowest BCUT2D eigenvalue weighted by atomic mass is 10.1. The highest BCUT2D eigenvalue weighted by Crippen LogP contribution is 2.22. The van der Waals surface area contributed by atoms with Crippen molar-refractivity contribution in [2.45, 2.75) is 32.7 Å². The smallest absolute Gasteiger partial charge is 0.276 e. The van der Waals surface area contributed by atoms with Crippen molar-refractivity contribution in [2.75, 3.05) is 13.2 Å². The van der Waals surface area contributed by atoms with Gasteiger partial charge in [-0.2, -0.15) is 0 Å². The van der Waals surface area contributed by atoms with Crippen LogP contribution in [-0.4, -0.2) is 41.8 Å². The first-order valence-electron chi connectivity index (χ1n) is 9.09. The highest BCUT2D eigenvalue weighted by Gasteiger charge is 2.35. The third-order valence-corrected chi connectivity index (χ3v) is 5.43. The molecule has 1 aromatic carbocycles. The van der Waals surface area contributed by atoms with Crippen LogP contribution in [0.15, 0.2) is 35.7 Å². The Morgan fingerprint density at radius 3 is 2.79 bits per heavy atom. The molecule has 1 fully saturated rings. The molecule has 1 aliphatic heterocycles. The molecule has 0 bridgehead atoms. The van der Waals surface area contributed by atoms with Crippen LogP contribution >= 0.6 is 11.3 Å². The first kappa shape index (κ1) is 19.9. The van der Waals surface area contributed by atoms with Gasteiger partial charge < -0.3 is 9.64 Å². The van der Waals surface area contributed by atoms with Crippen LogP contribution in [0.2, 0.25) is 0 Å².